The molecule has 0 aliphatic rings. The fourth-order valence-electron chi connectivity index (χ4n) is 2.06. The van der Waals surface area contributed by atoms with Crippen LogP contribution in [0.3, 0.4) is 0 Å². The van der Waals surface area contributed by atoms with Crippen LogP contribution in [-0.4, -0.2) is 9.78 Å². The molecule has 0 aliphatic carbocycles. The maximum atomic E-state index is 6.13. The van der Waals surface area contributed by atoms with Gasteiger partial charge in [-0.3, -0.25) is 4.68 Å². The molecule has 0 spiro atoms. The van der Waals surface area contributed by atoms with E-state index in [2.05, 4.69) is 23.5 Å². The van der Waals surface area contributed by atoms with Gasteiger partial charge in [0.2, 0.25) is 0 Å². The van der Waals surface area contributed by atoms with Crippen molar-refractivity contribution >= 4 is 11.6 Å². The van der Waals surface area contributed by atoms with Crippen LogP contribution in [0, 0.1) is 6.92 Å². The lowest BCUT2D eigenvalue weighted by molar-refractivity contribution is 0.572. The highest BCUT2D eigenvalue weighted by Gasteiger charge is 2.11. The highest BCUT2D eigenvalue weighted by Crippen LogP contribution is 2.18. The van der Waals surface area contributed by atoms with Gasteiger partial charge in [-0.1, -0.05) is 29.8 Å². The zero-order chi connectivity index (χ0) is 13.1. The van der Waals surface area contributed by atoms with Crippen molar-refractivity contribution in [1.82, 2.24) is 15.1 Å². The number of halogens is 1. The monoisotopic (exact) mass is 263 g/mol. The molecule has 0 saturated heterocycles. The van der Waals surface area contributed by atoms with Crippen molar-refractivity contribution in [1.29, 1.82) is 0 Å². The number of benzene rings is 1. The molecule has 4 heteroatoms. The van der Waals surface area contributed by atoms with Crippen molar-refractivity contribution in [3.8, 4) is 0 Å². The molecule has 0 aliphatic heterocycles. The smallest absolute Gasteiger partial charge is 0.0641 e. The van der Waals surface area contributed by atoms with Gasteiger partial charge < -0.3 is 5.32 Å². The average Bonchev–Trinajstić information content (AvgIpc) is 2.67. The minimum absolute atomic E-state index is 0.259. The van der Waals surface area contributed by atoms with E-state index in [0.717, 1.165) is 22.8 Å². The molecule has 2 rings (SSSR count). The van der Waals surface area contributed by atoms with E-state index in [1.165, 1.54) is 5.56 Å². The number of nitrogens with zero attached hydrogens (tertiary/aromatic N) is 2. The zero-order valence-corrected chi connectivity index (χ0v) is 11.7. The topological polar surface area (TPSA) is 29.9 Å². The third-order valence-corrected chi connectivity index (χ3v) is 3.44. The Morgan fingerprint density at radius 2 is 2.11 bits per heavy atom. The molecule has 0 radical (unpaired) electrons. The van der Waals surface area contributed by atoms with Crippen LogP contribution in [0.15, 0.2) is 30.5 Å². The van der Waals surface area contributed by atoms with Gasteiger partial charge in [0.05, 0.1) is 5.69 Å². The number of hydrogen-bond donors (Lipinski definition) is 1. The van der Waals surface area contributed by atoms with E-state index in [4.69, 9.17) is 11.6 Å². The lowest BCUT2D eigenvalue weighted by Crippen LogP contribution is -2.18. The molecule has 0 saturated carbocycles. The quantitative estimate of drug-likeness (QED) is 0.918. The first-order valence-corrected chi connectivity index (χ1v) is 6.42. The van der Waals surface area contributed by atoms with Crippen molar-refractivity contribution in [2.45, 2.75) is 26.4 Å². The van der Waals surface area contributed by atoms with E-state index >= 15 is 0 Å². The standard InChI is InChI=1S/C14H18ClN3/c1-10(13-9-18(3)17-11(13)2)16-8-12-6-4-5-7-14(12)15/h4-7,9-10,16H,8H2,1-3H3. The summed E-state index contributed by atoms with van der Waals surface area (Å²) in [5.41, 5.74) is 3.41. The SMILES string of the molecule is Cc1nn(C)cc1C(C)NCc1ccccc1Cl. The Morgan fingerprint density at radius 1 is 1.39 bits per heavy atom. The summed E-state index contributed by atoms with van der Waals surface area (Å²) in [7, 11) is 1.94. The van der Waals surface area contributed by atoms with E-state index in [0.29, 0.717) is 0 Å². The van der Waals surface area contributed by atoms with Gasteiger partial charge in [-0.15, -0.1) is 0 Å². The molecular weight excluding hydrogens is 246 g/mol. The molecule has 2 aromatic rings. The number of hydrogen-bond acceptors (Lipinski definition) is 2. The molecular formula is C14H18ClN3. The Bertz CT molecular complexity index is 534. The summed E-state index contributed by atoms with van der Waals surface area (Å²) >= 11 is 6.13. The van der Waals surface area contributed by atoms with Crippen molar-refractivity contribution in [3.63, 3.8) is 0 Å². The van der Waals surface area contributed by atoms with Crippen LogP contribution in [0.1, 0.15) is 29.8 Å². The van der Waals surface area contributed by atoms with Gasteiger partial charge in [0, 0.05) is 36.4 Å². The Balaban J connectivity index is 2.03. The lowest BCUT2D eigenvalue weighted by atomic mass is 10.1. The fraction of sp³-hybridized carbons (Fsp3) is 0.357. The van der Waals surface area contributed by atoms with Crippen molar-refractivity contribution in [2.24, 2.45) is 7.05 Å². The first kappa shape index (κ1) is 13.1. The Morgan fingerprint density at radius 3 is 2.72 bits per heavy atom. The third kappa shape index (κ3) is 2.92. The molecule has 0 amide bonds. The largest absolute Gasteiger partial charge is 0.306 e. The van der Waals surface area contributed by atoms with Gasteiger partial charge in [-0.2, -0.15) is 5.10 Å². The molecule has 1 aromatic carbocycles. The molecule has 1 atom stereocenters. The van der Waals surface area contributed by atoms with Crippen LogP contribution >= 0.6 is 11.6 Å². The summed E-state index contributed by atoms with van der Waals surface area (Å²) in [6.45, 7) is 4.93. The summed E-state index contributed by atoms with van der Waals surface area (Å²) in [6.07, 6.45) is 2.06. The minimum Gasteiger partial charge on any atom is -0.306 e. The normalized spacial score (nSPS) is 12.7. The molecule has 1 heterocycles. The molecule has 0 fully saturated rings. The number of aryl methyl sites for hydroxylation is 2. The van der Waals surface area contributed by atoms with Crippen LogP contribution < -0.4 is 5.32 Å². The van der Waals surface area contributed by atoms with Gasteiger partial charge in [0.1, 0.15) is 0 Å². The number of nitrogens with one attached hydrogen (secondary N) is 1. The predicted octanol–water partition coefficient (Wildman–Crippen LogP) is 3.23. The summed E-state index contributed by atoms with van der Waals surface area (Å²) in [4.78, 5) is 0. The van der Waals surface area contributed by atoms with Crippen LogP contribution in [0.5, 0.6) is 0 Å². The van der Waals surface area contributed by atoms with E-state index in [1.54, 1.807) is 0 Å². The van der Waals surface area contributed by atoms with Crippen molar-refractivity contribution < 1.29 is 0 Å². The van der Waals surface area contributed by atoms with Gasteiger partial charge in [0.25, 0.3) is 0 Å². The predicted molar refractivity (Wildman–Crippen MR) is 74.7 cm³/mol. The van der Waals surface area contributed by atoms with Crippen LogP contribution in [0.4, 0.5) is 0 Å². The van der Waals surface area contributed by atoms with Crippen LogP contribution in [0.2, 0.25) is 5.02 Å². The van der Waals surface area contributed by atoms with Crippen molar-refractivity contribution in [2.75, 3.05) is 0 Å². The molecule has 1 aromatic heterocycles. The van der Waals surface area contributed by atoms with Crippen LogP contribution in [0.25, 0.3) is 0 Å². The lowest BCUT2D eigenvalue weighted by Gasteiger charge is -2.13. The van der Waals surface area contributed by atoms with Gasteiger partial charge in [0.15, 0.2) is 0 Å². The van der Waals surface area contributed by atoms with Crippen LogP contribution in [-0.2, 0) is 13.6 Å². The van der Waals surface area contributed by atoms with Gasteiger partial charge >= 0.3 is 0 Å². The second-order valence-corrected chi connectivity index (χ2v) is 4.94. The van der Waals surface area contributed by atoms with Crippen molar-refractivity contribution in [3.05, 3.63) is 52.3 Å². The summed E-state index contributed by atoms with van der Waals surface area (Å²) < 4.78 is 1.85. The highest BCUT2D eigenvalue weighted by molar-refractivity contribution is 6.31. The highest BCUT2D eigenvalue weighted by atomic mass is 35.5. The molecule has 1 unspecified atom stereocenters. The first-order valence-electron chi connectivity index (χ1n) is 6.05. The Kier molecular flexibility index (Phi) is 4.04. The number of rotatable bonds is 4. The Hall–Kier alpha value is -1.32. The molecule has 96 valence electrons. The van der Waals surface area contributed by atoms with E-state index in [1.807, 2.05) is 42.9 Å². The zero-order valence-electron chi connectivity index (χ0n) is 10.9. The fourth-order valence-corrected chi connectivity index (χ4v) is 2.26. The molecule has 0 bridgehead atoms. The minimum atomic E-state index is 0.259. The second kappa shape index (κ2) is 5.55. The molecule has 18 heavy (non-hydrogen) atoms. The van der Waals surface area contributed by atoms with E-state index in [9.17, 15) is 0 Å². The third-order valence-electron chi connectivity index (χ3n) is 3.07. The van der Waals surface area contributed by atoms with Gasteiger partial charge in [-0.25, -0.2) is 0 Å². The summed E-state index contributed by atoms with van der Waals surface area (Å²) in [5, 5.41) is 8.63. The number of aromatic nitrogens is 2. The molecule has 1 N–H and O–H groups in total. The first-order chi connectivity index (χ1) is 8.58. The average molecular weight is 264 g/mol. The Labute approximate surface area is 113 Å². The molecule has 3 nitrogen and oxygen atoms in total. The van der Waals surface area contributed by atoms with E-state index in [-0.39, 0.29) is 6.04 Å². The summed E-state index contributed by atoms with van der Waals surface area (Å²) in [6, 6.07) is 8.16. The van der Waals surface area contributed by atoms with E-state index < -0.39 is 0 Å². The second-order valence-electron chi connectivity index (χ2n) is 4.54. The van der Waals surface area contributed by atoms with Gasteiger partial charge in [-0.05, 0) is 25.5 Å². The maximum Gasteiger partial charge on any atom is 0.0641 e. The summed E-state index contributed by atoms with van der Waals surface area (Å²) in [5.74, 6) is 0. The maximum absolute atomic E-state index is 6.13.